The van der Waals surface area contributed by atoms with Crippen LogP contribution in [0.25, 0.3) is 0 Å². The molecule has 2 heterocycles. The Morgan fingerprint density at radius 1 is 1.11 bits per heavy atom. The Kier molecular flexibility index (Phi) is 6.08. The van der Waals surface area contributed by atoms with E-state index in [0.29, 0.717) is 12.1 Å². The summed E-state index contributed by atoms with van der Waals surface area (Å²) in [6.45, 7) is 5.15. The number of hydrogen-bond donors (Lipinski definition) is 1. The maximum absolute atomic E-state index is 12.4. The van der Waals surface area contributed by atoms with Crippen molar-refractivity contribution in [2.45, 2.75) is 19.9 Å². The fraction of sp³-hybridized carbons (Fsp3) is 0.421. The Morgan fingerprint density at radius 2 is 1.78 bits per heavy atom. The van der Waals surface area contributed by atoms with Crippen LogP contribution in [-0.4, -0.2) is 59.4 Å². The van der Waals surface area contributed by atoms with Gasteiger partial charge in [-0.3, -0.25) is 19.0 Å². The Balaban J connectivity index is 1.53. The smallest absolute Gasteiger partial charge is 0.307 e. The highest BCUT2D eigenvalue weighted by Gasteiger charge is 2.19. The minimum absolute atomic E-state index is 0.00217. The monoisotopic (exact) mass is 388 g/mol. The zero-order chi connectivity index (χ0) is 19.4. The van der Waals surface area contributed by atoms with Crippen LogP contribution in [-0.2, 0) is 22.6 Å². The summed E-state index contributed by atoms with van der Waals surface area (Å²) in [5, 5.41) is 4.53. The van der Waals surface area contributed by atoms with E-state index in [-0.39, 0.29) is 23.2 Å². The largest absolute Gasteiger partial charge is 0.340 e. The molecule has 0 bridgehead atoms. The van der Waals surface area contributed by atoms with Crippen molar-refractivity contribution in [2.75, 3.05) is 38.5 Å². The fourth-order valence-electron chi connectivity index (χ4n) is 2.99. The quantitative estimate of drug-likeness (QED) is 0.835. The van der Waals surface area contributed by atoms with Crippen LogP contribution in [0.3, 0.4) is 0 Å². The molecule has 3 rings (SSSR count). The van der Waals surface area contributed by atoms with Crippen LogP contribution in [0.2, 0.25) is 0 Å². The van der Waals surface area contributed by atoms with E-state index in [2.05, 4.69) is 17.3 Å². The molecule has 2 amide bonds. The molecule has 144 valence electrons. The summed E-state index contributed by atoms with van der Waals surface area (Å²) in [5.41, 5.74) is 2.34. The van der Waals surface area contributed by atoms with Gasteiger partial charge in [0.1, 0.15) is 6.54 Å². The Bertz CT molecular complexity index is 864. The molecule has 0 saturated carbocycles. The summed E-state index contributed by atoms with van der Waals surface area (Å²) >= 11 is 1.09. The molecular weight excluding hydrogens is 364 g/mol. The van der Waals surface area contributed by atoms with Gasteiger partial charge in [0.05, 0.1) is 6.42 Å². The highest BCUT2D eigenvalue weighted by atomic mass is 32.1. The number of likely N-dealkylation sites (N-methyl/N-ethyl adjacent to an activating group) is 1. The molecule has 1 aliphatic heterocycles. The molecule has 0 spiro atoms. The number of carbonyl (C=O) groups is 2. The second kappa shape index (κ2) is 8.49. The van der Waals surface area contributed by atoms with Gasteiger partial charge in [-0.15, -0.1) is 0 Å². The first-order chi connectivity index (χ1) is 12.9. The number of aryl methyl sites for hydroxylation is 1. The SMILES string of the molecule is Cc1csc(=O)n1CC(=O)Nc1ccc(CC(=O)N2CCN(C)CC2)cc1. The molecule has 2 aromatic rings. The number of carbonyl (C=O) groups excluding carboxylic acids is 2. The van der Waals surface area contributed by atoms with Crippen molar-refractivity contribution in [1.82, 2.24) is 14.4 Å². The number of nitrogens with zero attached hydrogens (tertiary/aromatic N) is 3. The van der Waals surface area contributed by atoms with Crippen LogP contribution in [0.5, 0.6) is 0 Å². The summed E-state index contributed by atoms with van der Waals surface area (Å²) in [6.07, 6.45) is 0.363. The van der Waals surface area contributed by atoms with Gasteiger partial charge < -0.3 is 15.1 Å². The summed E-state index contributed by atoms with van der Waals surface area (Å²) in [4.78, 5) is 40.2. The number of thiazole rings is 1. The first-order valence-corrected chi connectivity index (χ1v) is 9.80. The highest BCUT2D eigenvalue weighted by molar-refractivity contribution is 7.07. The van der Waals surface area contributed by atoms with Crippen LogP contribution in [0.4, 0.5) is 5.69 Å². The number of piperazine rings is 1. The number of rotatable bonds is 5. The maximum atomic E-state index is 12.4. The van der Waals surface area contributed by atoms with Gasteiger partial charge in [0.25, 0.3) is 0 Å². The van der Waals surface area contributed by atoms with E-state index in [0.717, 1.165) is 48.8 Å². The van der Waals surface area contributed by atoms with Gasteiger partial charge in [-0.05, 0) is 31.7 Å². The zero-order valence-electron chi connectivity index (χ0n) is 15.6. The lowest BCUT2D eigenvalue weighted by Gasteiger charge is -2.32. The minimum atomic E-state index is -0.250. The van der Waals surface area contributed by atoms with Crippen molar-refractivity contribution in [1.29, 1.82) is 0 Å². The third kappa shape index (κ3) is 5.05. The van der Waals surface area contributed by atoms with Crippen LogP contribution in [0.15, 0.2) is 34.4 Å². The highest BCUT2D eigenvalue weighted by Crippen LogP contribution is 2.12. The van der Waals surface area contributed by atoms with Crippen molar-refractivity contribution in [3.05, 3.63) is 50.6 Å². The number of anilines is 1. The zero-order valence-corrected chi connectivity index (χ0v) is 16.4. The lowest BCUT2D eigenvalue weighted by Crippen LogP contribution is -2.47. The summed E-state index contributed by atoms with van der Waals surface area (Å²) in [7, 11) is 2.06. The summed E-state index contributed by atoms with van der Waals surface area (Å²) in [5.74, 6) is -0.118. The third-order valence-corrected chi connectivity index (χ3v) is 5.61. The van der Waals surface area contributed by atoms with E-state index in [1.165, 1.54) is 4.57 Å². The number of nitrogens with one attached hydrogen (secondary N) is 1. The number of hydrogen-bond acceptors (Lipinski definition) is 5. The van der Waals surface area contributed by atoms with Crippen LogP contribution >= 0.6 is 11.3 Å². The summed E-state index contributed by atoms with van der Waals surface area (Å²) < 4.78 is 1.45. The predicted octanol–water partition coefficient (Wildman–Crippen LogP) is 1.17. The van der Waals surface area contributed by atoms with E-state index < -0.39 is 0 Å². The molecule has 1 fully saturated rings. The van der Waals surface area contributed by atoms with Crippen LogP contribution in [0, 0.1) is 6.92 Å². The van der Waals surface area contributed by atoms with Gasteiger partial charge in [0.15, 0.2) is 0 Å². The lowest BCUT2D eigenvalue weighted by atomic mass is 10.1. The molecule has 1 N–H and O–H groups in total. The normalized spacial score (nSPS) is 15.0. The van der Waals surface area contributed by atoms with Gasteiger partial charge in [-0.25, -0.2) is 0 Å². The molecular formula is C19H24N4O3S. The third-order valence-electron chi connectivity index (χ3n) is 4.73. The average Bonchev–Trinajstić information content (AvgIpc) is 2.96. The first kappa shape index (κ1) is 19.3. The van der Waals surface area contributed by atoms with E-state index in [4.69, 9.17) is 0 Å². The van der Waals surface area contributed by atoms with Crippen molar-refractivity contribution in [2.24, 2.45) is 0 Å². The fourth-order valence-corrected chi connectivity index (χ4v) is 3.72. The van der Waals surface area contributed by atoms with Gasteiger partial charge in [0.2, 0.25) is 11.8 Å². The van der Waals surface area contributed by atoms with Gasteiger partial charge in [0, 0.05) is 42.9 Å². The van der Waals surface area contributed by atoms with Crippen molar-refractivity contribution in [3.63, 3.8) is 0 Å². The molecule has 1 aromatic carbocycles. The van der Waals surface area contributed by atoms with Crippen molar-refractivity contribution in [3.8, 4) is 0 Å². The van der Waals surface area contributed by atoms with E-state index in [1.54, 1.807) is 24.4 Å². The lowest BCUT2D eigenvalue weighted by molar-refractivity contribution is -0.132. The van der Waals surface area contributed by atoms with E-state index >= 15 is 0 Å². The van der Waals surface area contributed by atoms with Crippen LogP contribution in [0.1, 0.15) is 11.3 Å². The van der Waals surface area contributed by atoms with Crippen molar-refractivity contribution < 1.29 is 9.59 Å². The minimum Gasteiger partial charge on any atom is -0.340 e. The molecule has 27 heavy (non-hydrogen) atoms. The molecule has 1 saturated heterocycles. The van der Waals surface area contributed by atoms with E-state index in [9.17, 15) is 14.4 Å². The van der Waals surface area contributed by atoms with Crippen LogP contribution < -0.4 is 10.2 Å². The molecule has 1 aromatic heterocycles. The number of aromatic nitrogens is 1. The van der Waals surface area contributed by atoms with E-state index in [1.807, 2.05) is 17.0 Å². The molecule has 8 heteroatoms. The number of amides is 2. The molecule has 7 nitrogen and oxygen atoms in total. The maximum Gasteiger partial charge on any atom is 0.307 e. The molecule has 1 aliphatic rings. The molecule has 0 aliphatic carbocycles. The molecule has 0 unspecified atom stereocenters. The second-order valence-corrected chi connectivity index (χ2v) is 7.66. The van der Waals surface area contributed by atoms with Gasteiger partial charge in [-0.1, -0.05) is 23.5 Å². The first-order valence-electron chi connectivity index (χ1n) is 8.92. The molecule has 0 radical (unpaired) electrons. The summed E-state index contributed by atoms with van der Waals surface area (Å²) in [6, 6.07) is 7.28. The molecule has 0 atom stereocenters. The Labute approximate surface area is 162 Å². The van der Waals surface area contributed by atoms with Gasteiger partial charge >= 0.3 is 4.87 Å². The number of benzene rings is 1. The average molecular weight is 388 g/mol. The topological polar surface area (TPSA) is 74.6 Å². The Morgan fingerprint density at radius 3 is 2.37 bits per heavy atom. The van der Waals surface area contributed by atoms with Gasteiger partial charge in [-0.2, -0.15) is 0 Å². The second-order valence-electron chi connectivity index (χ2n) is 6.84. The Hall–Kier alpha value is -2.45. The predicted molar refractivity (Wildman–Crippen MR) is 106 cm³/mol. The standard InChI is InChI=1S/C19H24N4O3S/c1-14-13-27-19(26)23(14)12-17(24)20-16-5-3-15(4-6-16)11-18(25)22-9-7-21(2)8-10-22/h3-6,13H,7-12H2,1-2H3,(H,20,24). The van der Waals surface area contributed by atoms with Crippen molar-refractivity contribution >= 4 is 28.8 Å².